The monoisotopic (exact) mass is 507 g/mol. The topological polar surface area (TPSA) is 87.2 Å². The smallest absolute Gasteiger partial charge is 0.177 e. The summed E-state index contributed by atoms with van der Waals surface area (Å²) in [6.45, 7) is 0. The maximum Gasteiger partial charge on any atom is 0.177 e. The lowest BCUT2D eigenvalue weighted by Gasteiger charge is -2.35. The molecule has 0 saturated heterocycles. The van der Waals surface area contributed by atoms with E-state index in [1.807, 2.05) is 24.3 Å². The largest absolute Gasteiger partial charge is 0.384 e. The van der Waals surface area contributed by atoms with Crippen molar-refractivity contribution in [1.82, 2.24) is 0 Å². The number of hydrogen-bond acceptors (Lipinski definition) is 5. The Morgan fingerprint density at radius 1 is 1.21 bits per heavy atom. The fourth-order valence-electron chi connectivity index (χ4n) is 3.77. The maximum atomic E-state index is 13.4. The highest BCUT2D eigenvalue weighted by Crippen LogP contribution is 2.48. The van der Waals surface area contributed by atoms with Crippen LogP contribution in [0.5, 0.6) is 0 Å². The van der Waals surface area contributed by atoms with Crippen LogP contribution in [0.15, 0.2) is 70.5 Å². The van der Waals surface area contributed by atoms with Gasteiger partial charge in [0.1, 0.15) is 11.6 Å². The normalized spacial score (nSPS) is 20.9. The van der Waals surface area contributed by atoms with Crippen LogP contribution >= 0.6 is 22.6 Å². The van der Waals surface area contributed by atoms with Gasteiger partial charge in [-0.3, -0.25) is 4.90 Å². The SMILES string of the molecule is N#CC1=C(N)N(c2ccc(F)cc2)C2=C(C1c1cccc(I)c1)S(=O)(=O)CC2. The number of nitriles is 1. The maximum absolute atomic E-state index is 13.4. The first-order valence-electron chi connectivity index (χ1n) is 8.50. The van der Waals surface area contributed by atoms with E-state index < -0.39 is 21.6 Å². The minimum atomic E-state index is -3.55. The van der Waals surface area contributed by atoms with Gasteiger partial charge in [-0.1, -0.05) is 12.1 Å². The van der Waals surface area contributed by atoms with Crippen LogP contribution in [0, 0.1) is 20.7 Å². The molecule has 8 heteroatoms. The molecular formula is C20H15FIN3O2S. The van der Waals surface area contributed by atoms with Gasteiger partial charge in [0.05, 0.1) is 28.2 Å². The number of anilines is 1. The minimum Gasteiger partial charge on any atom is -0.384 e. The van der Waals surface area contributed by atoms with Crippen LogP contribution in [0.3, 0.4) is 0 Å². The fourth-order valence-corrected chi connectivity index (χ4v) is 6.18. The van der Waals surface area contributed by atoms with Crippen molar-refractivity contribution >= 4 is 38.1 Å². The third-order valence-electron chi connectivity index (χ3n) is 4.95. The van der Waals surface area contributed by atoms with E-state index >= 15 is 0 Å². The molecule has 2 heterocycles. The van der Waals surface area contributed by atoms with Crippen molar-refractivity contribution < 1.29 is 12.8 Å². The number of nitrogens with zero attached hydrogens (tertiary/aromatic N) is 2. The number of allylic oxidation sites excluding steroid dienone is 3. The van der Waals surface area contributed by atoms with E-state index in [4.69, 9.17) is 5.73 Å². The first-order valence-corrected chi connectivity index (χ1v) is 11.2. The average molecular weight is 507 g/mol. The molecule has 1 atom stereocenters. The molecule has 0 bridgehead atoms. The lowest BCUT2D eigenvalue weighted by Crippen LogP contribution is -2.34. The van der Waals surface area contributed by atoms with Gasteiger partial charge in [-0.25, -0.2) is 12.8 Å². The molecule has 2 N–H and O–H groups in total. The van der Waals surface area contributed by atoms with Crippen LogP contribution in [0.4, 0.5) is 10.1 Å². The average Bonchev–Trinajstić information content (AvgIpc) is 2.97. The Morgan fingerprint density at radius 3 is 2.57 bits per heavy atom. The Kier molecular flexibility index (Phi) is 4.67. The Hall–Kier alpha value is -2.38. The molecule has 142 valence electrons. The van der Waals surface area contributed by atoms with Crippen LogP contribution in [0.2, 0.25) is 0 Å². The molecule has 0 amide bonds. The van der Waals surface area contributed by atoms with Crippen molar-refractivity contribution in [2.24, 2.45) is 5.73 Å². The molecule has 2 aliphatic heterocycles. The lowest BCUT2D eigenvalue weighted by atomic mass is 9.87. The summed E-state index contributed by atoms with van der Waals surface area (Å²) in [5.74, 6) is -1.01. The van der Waals surface area contributed by atoms with Crippen LogP contribution in [-0.4, -0.2) is 14.2 Å². The molecule has 5 nitrogen and oxygen atoms in total. The molecule has 0 aromatic heterocycles. The molecule has 28 heavy (non-hydrogen) atoms. The quantitative estimate of drug-likeness (QED) is 0.626. The summed E-state index contributed by atoms with van der Waals surface area (Å²) in [7, 11) is -3.55. The van der Waals surface area contributed by atoms with Gasteiger partial charge in [0.2, 0.25) is 0 Å². The second-order valence-electron chi connectivity index (χ2n) is 6.59. The molecule has 2 aromatic carbocycles. The minimum absolute atomic E-state index is 0.0399. The summed E-state index contributed by atoms with van der Waals surface area (Å²) < 4.78 is 40.2. The molecule has 0 fully saturated rings. The van der Waals surface area contributed by atoms with E-state index in [2.05, 4.69) is 28.7 Å². The number of halogens is 2. The predicted molar refractivity (Wildman–Crippen MR) is 113 cm³/mol. The Morgan fingerprint density at radius 2 is 1.93 bits per heavy atom. The molecule has 1 unspecified atom stereocenters. The molecule has 0 saturated carbocycles. The molecule has 2 aliphatic rings. The van der Waals surface area contributed by atoms with Crippen molar-refractivity contribution in [1.29, 1.82) is 5.26 Å². The Labute approximate surface area is 176 Å². The van der Waals surface area contributed by atoms with Crippen molar-refractivity contribution in [2.75, 3.05) is 10.7 Å². The molecule has 0 aliphatic carbocycles. The highest BCUT2D eigenvalue weighted by molar-refractivity contribution is 14.1. The molecule has 0 spiro atoms. The summed E-state index contributed by atoms with van der Waals surface area (Å²) in [4.78, 5) is 1.78. The van der Waals surface area contributed by atoms with Gasteiger partial charge in [-0.05, 0) is 64.6 Å². The summed E-state index contributed by atoms with van der Waals surface area (Å²) >= 11 is 2.15. The molecule has 0 radical (unpaired) electrons. The lowest BCUT2D eigenvalue weighted by molar-refractivity contribution is 0.602. The number of rotatable bonds is 2. The van der Waals surface area contributed by atoms with Gasteiger partial charge >= 0.3 is 0 Å². The van der Waals surface area contributed by atoms with Crippen molar-refractivity contribution in [3.63, 3.8) is 0 Å². The highest BCUT2D eigenvalue weighted by atomic mass is 127. The summed E-state index contributed by atoms with van der Waals surface area (Å²) in [5, 5.41) is 9.87. The fraction of sp³-hybridized carbons (Fsp3) is 0.150. The standard InChI is InChI=1S/C20H15FIN3O2S/c21-13-4-6-15(7-5-13)25-17-8-9-28(26,27)19(17)18(16(11-23)20(25)24)12-2-1-3-14(22)10-12/h1-7,10,18H,8-9,24H2. The highest BCUT2D eigenvalue weighted by Gasteiger charge is 2.45. The van der Waals surface area contributed by atoms with E-state index in [1.54, 1.807) is 4.90 Å². The van der Waals surface area contributed by atoms with Gasteiger partial charge in [0.15, 0.2) is 9.84 Å². The third kappa shape index (κ3) is 2.99. The third-order valence-corrected chi connectivity index (χ3v) is 7.51. The predicted octanol–water partition coefficient (Wildman–Crippen LogP) is 3.76. The van der Waals surface area contributed by atoms with Crippen molar-refractivity contribution in [2.45, 2.75) is 12.3 Å². The van der Waals surface area contributed by atoms with E-state index in [1.165, 1.54) is 24.3 Å². The van der Waals surface area contributed by atoms with Crippen molar-refractivity contribution in [3.8, 4) is 6.07 Å². The second-order valence-corrected chi connectivity index (χ2v) is 9.91. The first kappa shape index (κ1) is 19.0. The van der Waals surface area contributed by atoms with Crippen molar-refractivity contribution in [3.05, 3.63) is 85.5 Å². The molecule has 2 aromatic rings. The van der Waals surface area contributed by atoms with Gasteiger partial charge in [0.25, 0.3) is 0 Å². The summed E-state index contributed by atoms with van der Waals surface area (Å²) in [6, 6.07) is 15.1. The number of sulfone groups is 1. The van der Waals surface area contributed by atoms with E-state index in [0.717, 1.165) is 3.57 Å². The van der Waals surface area contributed by atoms with Crippen LogP contribution < -0.4 is 10.6 Å². The van der Waals surface area contributed by atoms with Gasteiger partial charge in [0, 0.05) is 21.4 Å². The van der Waals surface area contributed by atoms with E-state index in [0.29, 0.717) is 16.9 Å². The Bertz CT molecular complexity index is 1180. The zero-order valence-corrected chi connectivity index (χ0v) is 17.5. The molecule has 4 rings (SSSR count). The van der Waals surface area contributed by atoms with Gasteiger partial charge < -0.3 is 5.73 Å². The summed E-state index contributed by atoms with van der Waals surface area (Å²) in [6.07, 6.45) is 0.287. The molecular weight excluding hydrogens is 492 g/mol. The second kappa shape index (κ2) is 6.90. The van der Waals surface area contributed by atoms with Crippen LogP contribution in [0.25, 0.3) is 0 Å². The zero-order chi connectivity index (χ0) is 20.1. The van der Waals surface area contributed by atoms with Crippen LogP contribution in [0.1, 0.15) is 17.9 Å². The first-order chi connectivity index (χ1) is 13.3. The van der Waals surface area contributed by atoms with Gasteiger partial charge in [-0.15, -0.1) is 0 Å². The zero-order valence-electron chi connectivity index (χ0n) is 14.6. The van der Waals surface area contributed by atoms with E-state index in [-0.39, 0.29) is 28.5 Å². The Balaban J connectivity index is 2.00. The summed E-state index contributed by atoms with van der Waals surface area (Å²) in [5.41, 5.74) is 8.33. The number of hydrogen-bond donors (Lipinski definition) is 1. The van der Waals surface area contributed by atoms with Crippen LogP contribution in [-0.2, 0) is 9.84 Å². The van der Waals surface area contributed by atoms with E-state index in [9.17, 15) is 18.1 Å². The van der Waals surface area contributed by atoms with Gasteiger partial charge in [-0.2, -0.15) is 5.26 Å². The number of benzene rings is 2. The number of nitrogens with two attached hydrogens (primary N) is 1.